The molecule has 20 heteroatoms. The lowest BCUT2D eigenvalue weighted by Crippen LogP contribution is -2.55. The summed E-state index contributed by atoms with van der Waals surface area (Å²) in [4.78, 5) is 132. The predicted molar refractivity (Wildman–Crippen MR) is 333 cm³/mol. The second-order valence-corrected chi connectivity index (χ2v) is 25.7. The molecule has 1 saturated heterocycles. The van der Waals surface area contributed by atoms with Gasteiger partial charge in [-0.25, -0.2) is 29.1 Å². The van der Waals surface area contributed by atoms with Crippen LogP contribution in [0, 0.1) is 23.7 Å². The maximum atomic E-state index is 15.1. The minimum absolute atomic E-state index is 0.0831. The largest absolute Gasteiger partial charge is 0.451 e. The second kappa shape index (κ2) is 32.8. The molecule has 468 valence electrons. The maximum Gasteiger partial charge on any atom is 0.329 e. The van der Waals surface area contributed by atoms with Crippen LogP contribution in [-0.2, 0) is 83.0 Å². The van der Waals surface area contributed by atoms with E-state index in [1.54, 1.807) is 35.9 Å². The highest BCUT2D eigenvalue weighted by Gasteiger charge is 2.43. The quantitative estimate of drug-likeness (QED) is 0.0516. The molecule has 5 rings (SSSR count). The number of cyclic esters (lactones) is 4. The Balaban J connectivity index is 1.59. The highest BCUT2D eigenvalue weighted by Crippen LogP contribution is 2.27. The number of thioether (sulfide) groups is 2. The molecule has 1 aliphatic heterocycles. The van der Waals surface area contributed by atoms with E-state index in [0.717, 1.165) is 42.1 Å². The summed E-state index contributed by atoms with van der Waals surface area (Å²) < 4.78 is 24.4. The summed E-state index contributed by atoms with van der Waals surface area (Å²) in [5.74, 6) is -7.40. The Bertz CT molecular complexity index is 2740. The first-order valence-corrected chi connectivity index (χ1v) is 32.1. The molecule has 0 unspecified atom stereocenters. The number of pyridine rings is 2. The molecule has 2 aromatic carbocycles. The number of ether oxygens (including phenoxy) is 4. The number of benzene rings is 2. The van der Waals surface area contributed by atoms with Gasteiger partial charge in [0.15, 0.2) is 24.4 Å². The molecular formula is C66H90N6O12S2. The molecule has 0 bridgehead atoms. The van der Waals surface area contributed by atoms with Crippen LogP contribution in [0.3, 0.4) is 0 Å². The zero-order valence-electron chi connectivity index (χ0n) is 53.1. The SMILES string of the molecule is CSc1ncccc1Cc1ccc(C[C@H]2OC(=O)[C@H](CC(C)C)N(C)C(=O)[C@@H](C)OC(=O)[C@H](CC(C)C)N(C)C(=O)[C@@H](Cc3ccc(Cc4cccnc4SC)cc3)OC(=O)[C@H](CC(C)C)N(C)C(=O)[C@@H](C)OC(=O)[C@H](CC(C)C)N(C)C2=O)cc1. The predicted octanol–water partition coefficient (Wildman–Crippen LogP) is 9.08. The molecule has 2 aromatic heterocycles. The van der Waals surface area contributed by atoms with Gasteiger partial charge in [0.1, 0.15) is 24.2 Å². The molecule has 0 radical (unpaired) electrons. The number of hydrogen-bond acceptors (Lipinski definition) is 16. The topological polar surface area (TPSA) is 212 Å². The van der Waals surface area contributed by atoms with Gasteiger partial charge >= 0.3 is 23.9 Å². The lowest BCUT2D eigenvalue weighted by molar-refractivity contribution is -0.176. The van der Waals surface area contributed by atoms with Crippen molar-refractivity contribution in [2.24, 2.45) is 23.7 Å². The molecular weight excluding hydrogens is 1130 g/mol. The van der Waals surface area contributed by atoms with Gasteiger partial charge in [0.25, 0.3) is 23.6 Å². The van der Waals surface area contributed by atoms with Crippen molar-refractivity contribution < 1.29 is 57.3 Å². The molecule has 0 aliphatic carbocycles. The van der Waals surface area contributed by atoms with Gasteiger partial charge in [0.2, 0.25) is 0 Å². The molecule has 3 heterocycles. The van der Waals surface area contributed by atoms with Crippen molar-refractivity contribution >= 4 is 71.0 Å². The van der Waals surface area contributed by atoms with E-state index >= 15 is 9.59 Å². The van der Waals surface area contributed by atoms with E-state index < -0.39 is 96.1 Å². The fraction of sp³-hybridized carbons (Fsp3) is 0.545. The average molecular weight is 1220 g/mol. The number of carbonyl (C=O) groups is 8. The Morgan fingerprint density at radius 1 is 0.407 bits per heavy atom. The Morgan fingerprint density at radius 2 is 0.674 bits per heavy atom. The van der Waals surface area contributed by atoms with Gasteiger partial charge in [0.05, 0.1) is 10.1 Å². The van der Waals surface area contributed by atoms with Crippen LogP contribution >= 0.6 is 23.5 Å². The molecule has 1 fully saturated rings. The number of hydrogen-bond donors (Lipinski definition) is 0. The number of amides is 4. The zero-order chi connectivity index (χ0) is 63.7. The van der Waals surface area contributed by atoms with Gasteiger partial charge in [-0.2, -0.15) is 0 Å². The number of nitrogens with zero attached hydrogens (tertiary/aromatic N) is 6. The fourth-order valence-corrected chi connectivity index (χ4v) is 11.6. The Hall–Kier alpha value is -6.80. The van der Waals surface area contributed by atoms with Crippen molar-refractivity contribution in [3.05, 3.63) is 119 Å². The molecule has 0 saturated carbocycles. The van der Waals surface area contributed by atoms with E-state index in [9.17, 15) is 28.8 Å². The van der Waals surface area contributed by atoms with Gasteiger partial charge in [-0.15, -0.1) is 23.5 Å². The Labute approximate surface area is 517 Å². The smallest absolute Gasteiger partial charge is 0.329 e. The van der Waals surface area contributed by atoms with Crippen LogP contribution in [0.5, 0.6) is 0 Å². The van der Waals surface area contributed by atoms with Gasteiger partial charge in [-0.05, 0) is 121 Å². The summed E-state index contributed by atoms with van der Waals surface area (Å²) in [6, 6.07) is 17.7. The van der Waals surface area contributed by atoms with Crippen molar-refractivity contribution in [1.82, 2.24) is 29.6 Å². The van der Waals surface area contributed by atoms with Crippen LogP contribution in [0.1, 0.15) is 128 Å². The van der Waals surface area contributed by atoms with E-state index in [1.165, 1.54) is 51.8 Å². The van der Waals surface area contributed by atoms with Gasteiger partial charge in [0, 0.05) is 66.3 Å². The highest BCUT2D eigenvalue weighted by molar-refractivity contribution is 7.98. The van der Waals surface area contributed by atoms with Crippen molar-refractivity contribution in [2.75, 3.05) is 40.7 Å². The number of likely N-dealkylation sites (N-methyl/N-ethyl adjacent to an activating group) is 4. The summed E-state index contributed by atoms with van der Waals surface area (Å²) in [7, 11) is 5.61. The van der Waals surface area contributed by atoms with Crippen molar-refractivity contribution in [3.63, 3.8) is 0 Å². The lowest BCUT2D eigenvalue weighted by Gasteiger charge is -2.35. The standard InChI is InChI=1S/C66H90N6O12S2/c1-39(2)31-51-63(77)81-43(9)59(73)69(11)54(34-42(7)8)66(80)84-56(38-48-27-23-46(24-28-48)36-50-20-18-30-68-58(50)86-16)62(76)72(14)52(32-40(3)4)64(78)82-44(10)60(74)70(12)53(33-41(5)6)65(79)83-55(61(75)71(51)13)37-47-25-21-45(22-26-47)35-49-19-17-29-67-57(49)85-15/h17-30,39-44,51-56H,31-38H2,1-16H3/t43-,44-,51+,52+,53+,54+,55-,56-/m1/s1. The number of rotatable bonds is 18. The third kappa shape index (κ3) is 19.6. The van der Waals surface area contributed by atoms with Crippen LogP contribution in [0.4, 0.5) is 0 Å². The summed E-state index contributed by atoms with van der Waals surface area (Å²) >= 11 is 3.09. The Kier molecular flexibility index (Phi) is 26.7. The van der Waals surface area contributed by atoms with Crippen LogP contribution in [-0.4, -0.2) is 166 Å². The minimum atomic E-state index is -1.53. The van der Waals surface area contributed by atoms with Crippen LogP contribution in [0.15, 0.2) is 95.2 Å². The number of aromatic nitrogens is 2. The molecule has 8 atom stereocenters. The van der Waals surface area contributed by atoms with E-state index in [1.807, 2.05) is 141 Å². The van der Waals surface area contributed by atoms with E-state index in [2.05, 4.69) is 9.97 Å². The van der Waals surface area contributed by atoms with Crippen LogP contribution in [0.25, 0.3) is 0 Å². The first-order chi connectivity index (χ1) is 40.6. The third-order valence-corrected chi connectivity index (χ3v) is 16.7. The molecule has 1 aliphatic rings. The fourth-order valence-electron chi connectivity index (χ4n) is 10.4. The van der Waals surface area contributed by atoms with Gasteiger partial charge < -0.3 is 38.5 Å². The molecule has 4 amide bonds. The first-order valence-electron chi connectivity index (χ1n) is 29.6. The normalized spacial score (nSPS) is 22.4. The van der Waals surface area contributed by atoms with E-state index in [4.69, 9.17) is 18.9 Å². The van der Waals surface area contributed by atoms with Crippen molar-refractivity contribution in [2.45, 2.75) is 179 Å². The van der Waals surface area contributed by atoms with Gasteiger partial charge in [-0.3, -0.25) is 19.2 Å². The molecule has 86 heavy (non-hydrogen) atoms. The van der Waals surface area contributed by atoms with E-state index in [-0.39, 0.29) is 62.2 Å². The Morgan fingerprint density at radius 3 is 0.953 bits per heavy atom. The highest BCUT2D eigenvalue weighted by atomic mass is 32.2. The van der Waals surface area contributed by atoms with Crippen molar-refractivity contribution in [1.29, 1.82) is 0 Å². The number of carbonyl (C=O) groups excluding carboxylic acids is 8. The van der Waals surface area contributed by atoms with Gasteiger partial charge in [-0.1, -0.05) is 116 Å². The second-order valence-electron chi connectivity index (χ2n) is 24.1. The summed E-state index contributed by atoms with van der Waals surface area (Å²) in [6.45, 7) is 17.6. The molecule has 0 spiro atoms. The minimum Gasteiger partial charge on any atom is -0.451 e. The third-order valence-electron chi connectivity index (χ3n) is 15.2. The average Bonchev–Trinajstić information content (AvgIpc) is 3.47. The summed E-state index contributed by atoms with van der Waals surface area (Å²) in [6.07, 6.45) is 2.63. The zero-order valence-corrected chi connectivity index (χ0v) is 54.7. The van der Waals surface area contributed by atoms with Crippen LogP contribution < -0.4 is 0 Å². The summed E-state index contributed by atoms with van der Waals surface area (Å²) in [5.41, 5.74) is 5.27. The maximum absolute atomic E-state index is 15.1. The van der Waals surface area contributed by atoms with Crippen molar-refractivity contribution in [3.8, 4) is 0 Å². The molecule has 0 N–H and O–H groups in total. The van der Waals surface area contributed by atoms with E-state index in [0.29, 0.717) is 24.0 Å². The molecule has 4 aromatic rings. The lowest BCUT2D eigenvalue weighted by atomic mass is 9.99. The molecule has 18 nitrogen and oxygen atoms in total. The number of esters is 4. The monoisotopic (exact) mass is 1220 g/mol. The summed E-state index contributed by atoms with van der Waals surface area (Å²) in [5, 5.41) is 1.79. The van der Waals surface area contributed by atoms with Crippen LogP contribution in [0.2, 0.25) is 0 Å². The first kappa shape index (κ1) is 70.0.